The van der Waals surface area contributed by atoms with Gasteiger partial charge in [0.15, 0.2) is 0 Å². The van der Waals surface area contributed by atoms with Crippen molar-refractivity contribution in [2.24, 2.45) is 11.8 Å². The molecule has 2 heterocycles. The summed E-state index contributed by atoms with van der Waals surface area (Å²) in [5, 5.41) is 3.69. The highest BCUT2D eigenvalue weighted by atomic mass is 16.5. The molecule has 3 unspecified atom stereocenters. The SMILES string of the molecule is CCC(C)C1CN(C(C)C2CCOCC2)CCN1. The lowest BCUT2D eigenvalue weighted by atomic mass is 9.89. The highest BCUT2D eigenvalue weighted by Gasteiger charge is 2.30. The minimum absolute atomic E-state index is 0.686. The summed E-state index contributed by atoms with van der Waals surface area (Å²) in [5.74, 6) is 1.63. The minimum atomic E-state index is 0.686. The van der Waals surface area contributed by atoms with Crippen molar-refractivity contribution in [2.45, 2.75) is 52.1 Å². The molecule has 3 nitrogen and oxygen atoms in total. The van der Waals surface area contributed by atoms with Crippen LogP contribution in [0.25, 0.3) is 0 Å². The first-order valence-corrected chi connectivity index (χ1v) is 7.77. The third kappa shape index (κ3) is 3.46. The van der Waals surface area contributed by atoms with Gasteiger partial charge in [-0.3, -0.25) is 4.90 Å². The maximum Gasteiger partial charge on any atom is 0.0469 e. The lowest BCUT2D eigenvalue weighted by Crippen LogP contribution is -2.57. The highest BCUT2D eigenvalue weighted by Crippen LogP contribution is 2.24. The van der Waals surface area contributed by atoms with Crippen LogP contribution in [0, 0.1) is 11.8 Å². The zero-order valence-corrected chi connectivity index (χ0v) is 12.3. The van der Waals surface area contributed by atoms with E-state index in [0.717, 1.165) is 37.6 Å². The van der Waals surface area contributed by atoms with Gasteiger partial charge < -0.3 is 10.1 Å². The fourth-order valence-electron chi connectivity index (χ4n) is 3.33. The van der Waals surface area contributed by atoms with Crippen molar-refractivity contribution in [3.63, 3.8) is 0 Å². The lowest BCUT2D eigenvalue weighted by Gasteiger charge is -2.43. The van der Waals surface area contributed by atoms with Gasteiger partial charge in [-0.05, 0) is 31.6 Å². The number of rotatable bonds is 4. The monoisotopic (exact) mass is 254 g/mol. The van der Waals surface area contributed by atoms with Crippen LogP contribution >= 0.6 is 0 Å². The Bertz CT molecular complexity index is 241. The van der Waals surface area contributed by atoms with Crippen molar-refractivity contribution >= 4 is 0 Å². The van der Waals surface area contributed by atoms with Crippen LogP contribution in [0.4, 0.5) is 0 Å². The predicted molar refractivity (Wildman–Crippen MR) is 75.8 cm³/mol. The van der Waals surface area contributed by atoms with Gasteiger partial charge in [-0.25, -0.2) is 0 Å². The summed E-state index contributed by atoms with van der Waals surface area (Å²) in [4.78, 5) is 2.71. The second kappa shape index (κ2) is 6.88. The summed E-state index contributed by atoms with van der Waals surface area (Å²) in [6.07, 6.45) is 3.77. The Morgan fingerprint density at radius 3 is 2.67 bits per heavy atom. The van der Waals surface area contributed by atoms with Gasteiger partial charge >= 0.3 is 0 Å². The molecular formula is C15H30N2O. The third-order valence-electron chi connectivity index (χ3n) is 5.09. The van der Waals surface area contributed by atoms with E-state index >= 15 is 0 Å². The van der Waals surface area contributed by atoms with E-state index in [-0.39, 0.29) is 0 Å². The van der Waals surface area contributed by atoms with E-state index in [1.54, 1.807) is 0 Å². The van der Waals surface area contributed by atoms with Crippen molar-refractivity contribution in [2.75, 3.05) is 32.8 Å². The topological polar surface area (TPSA) is 24.5 Å². The summed E-state index contributed by atoms with van der Waals surface area (Å²) in [5.41, 5.74) is 0. The number of hydrogen-bond donors (Lipinski definition) is 1. The van der Waals surface area contributed by atoms with E-state index in [0.29, 0.717) is 6.04 Å². The van der Waals surface area contributed by atoms with Crippen LogP contribution < -0.4 is 5.32 Å². The molecule has 0 amide bonds. The average Bonchev–Trinajstić information content (AvgIpc) is 2.46. The molecule has 2 fully saturated rings. The first kappa shape index (κ1) is 14.3. The third-order valence-corrected chi connectivity index (χ3v) is 5.09. The Balaban J connectivity index is 1.87. The Kier molecular flexibility index (Phi) is 5.46. The molecule has 3 atom stereocenters. The quantitative estimate of drug-likeness (QED) is 0.832. The molecular weight excluding hydrogens is 224 g/mol. The normalized spacial score (nSPS) is 31.2. The molecule has 18 heavy (non-hydrogen) atoms. The molecule has 1 N–H and O–H groups in total. The summed E-state index contributed by atoms with van der Waals surface area (Å²) in [6.45, 7) is 12.6. The smallest absolute Gasteiger partial charge is 0.0469 e. The lowest BCUT2D eigenvalue weighted by molar-refractivity contribution is 0.0196. The van der Waals surface area contributed by atoms with Crippen molar-refractivity contribution in [1.29, 1.82) is 0 Å². The molecule has 0 radical (unpaired) electrons. The molecule has 0 aliphatic carbocycles. The van der Waals surface area contributed by atoms with Crippen LogP contribution in [-0.4, -0.2) is 49.8 Å². The summed E-state index contributed by atoms with van der Waals surface area (Å²) in [6, 6.07) is 1.41. The Labute approximate surface area is 112 Å². The number of nitrogens with zero attached hydrogens (tertiary/aromatic N) is 1. The van der Waals surface area contributed by atoms with Gasteiger partial charge in [0.25, 0.3) is 0 Å². The van der Waals surface area contributed by atoms with Crippen molar-refractivity contribution in [1.82, 2.24) is 10.2 Å². The van der Waals surface area contributed by atoms with Crippen LogP contribution in [0.2, 0.25) is 0 Å². The molecule has 2 saturated heterocycles. The van der Waals surface area contributed by atoms with E-state index in [1.165, 1.54) is 32.4 Å². The minimum Gasteiger partial charge on any atom is -0.381 e. The van der Waals surface area contributed by atoms with Gasteiger partial charge in [0.05, 0.1) is 0 Å². The standard InChI is InChI=1S/C15H30N2O/c1-4-12(2)15-11-17(8-7-16-15)13(3)14-5-9-18-10-6-14/h12-16H,4-11H2,1-3H3. The van der Waals surface area contributed by atoms with E-state index in [2.05, 4.69) is 31.0 Å². The molecule has 0 aromatic heterocycles. The van der Waals surface area contributed by atoms with Gasteiger partial charge in [0.2, 0.25) is 0 Å². The molecule has 2 aliphatic rings. The van der Waals surface area contributed by atoms with Gasteiger partial charge in [-0.15, -0.1) is 0 Å². The second-order valence-electron chi connectivity index (χ2n) is 6.13. The van der Waals surface area contributed by atoms with Crippen LogP contribution in [-0.2, 0) is 4.74 Å². The van der Waals surface area contributed by atoms with E-state index in [1.807, 2.05) is 0 Å². The molecule has 106 valence electrons. The molecule has 0 bridgehead atoms. The highest BCUT2D eigenvalue weighted by molar-refractivity contribution is 4.87. The molecule has 3 heteroatoms. The second-order valence-corrected chi connectivity index (χ2v) is 6.13. The van der Waals surface area contributed by atoms with Gasteiger partial charge in [-0.2, -0.15) is 0 Å². The van der Waals surface area contributed by atoms with Crippen LogP contribution in [0.15, 0.2) is 0 Å². The van der Waals surface area contributed by atoms with E-state index < -0.39 is 0 Å². The van der Waals surface area contributed by atoms with Crippen LogP contribution in [0.5, 0.6) is 0 Å². The largest absolute Gasteiger partial charge is 0.381 e. The first-order valence-electron chi connectivity index (χ1n) is 7.77. The van der Waals surface area contributed by atoms with E-state index in [9.17, 15) is 0 Å². The molecule has 0 aromatic rings. The van der Waals surface area contributed by atoms with Crippen molar-refractivity contribution in [3.8, 4) is 0 Å². The Morgan fingerprint density at radius 2 is 2.00 bits per heavy atom. The predicted octanol–water partition coefficient (Wildman–Crippen LogP) is 2.12. The summed E-state index contributed by atoms with van der Waals surface area (Å²) in [7, 11) is 0. The fraction of sp³-hybridized carbons (Fsp3) is 1.00. The number of hydrogen-bond acceptors (Lipinski definition) is 3. The van der Waals surface area contributed by atoms with Crippen LogP contribution in [0.1, 0.15) is 40.0 Å². The number of piperazine rings is 1. The maximum absolute atomic E-state index is 5.48. The zero-order valence-electron chi connectivity index (χ0n) is 12.3. The molecule has 2 aliphatic heterocycles. The summed E-state index contributed by atoms with van der Waals surface area (Å²) < 4.78 is 5.48. The first-order chi connectivity index (χ1) is 8.72. The van der Waals surface area contributed by atoms with Crippen LogP contribution in [0.3, 0.4) is 0 Å². The van der Waals surface area contributed by atoms with Gasteiger partial charge in [0, 0.05) is 44.9 Å². The van der Waals surface area contributed by atoms with E-state index in [4.69, 9.17) is 4.74 Å². The molecule has 2 rings (SSSR count). The van der Waals surface area contributed by atoms with Gasteiger partial charge in [-0.1, -0.05) is 20.3 Å². The Morgan fingerprint density at radius 1 is 1.28 bits per heavy atom. The molecule has 0 aromatic carbocycles. The molecule has 0 saturated carbocycles. The zero-order chi connectivity index (χ0) is 13.0. The number of nitrogens with one attached hydrogen (secondary N) is 1. The number of ether oxygens (including phenoxy) is 1. The fourth-order valence-corrected chi connectivity index (χ4v) is 3.33. The Hall–Kier alpha value is -0.120. The average molecular weight is 254 g/mol. The maximum atomic E-state index is 5.48. The van der Waals surface area contributed by atoms with Crippen molar-refractivity contribution in [3.05, 3.63) is 0 Å². The molecule has 0 spiro atoms. The van der Waals surface area contributed by atoms with Gasteiger partial charge in [0.1, 0.15) is 0 Å². The van der Waals surface area contributed by atoms with Crippen molar-refractivity contribution < 1.29 is 4.74 Å². The summed E-state index contributed by atoms with van der Waals surface area (Å²) >= 11 is 0.